The largest absolute Gasteiger partial charge is 0.389 e. The van der Waals surface area contributed by atoms with Gasteiger partial charge in [-0.05, 0) is 32.1 Å². The zero-order chi connectivity index (χ0) is 8.81. The van der Waals surface area contributed by atoms with Crippen LogP contribution in [0.2, 0.25) is 0 Å². The summed E-state index contributed by atoms with van der Waals surface area (Å²) in [5.41, 5.74) is 1.39. The second kappa shape index (κ2) is 5.00. The fraction of sp³-hybridized carbons (Fsp3) is 0.636. The summed E-state index contributed by atoms with van der Waals surface area (Å²) in [4.78, 5) is 0. The number of rotatable bonds is 3. The molecule has 1 heteroatoms. The maximum absolute atomic E-state index is 9.32. The molecular formula is C11H16O. The minimum Gasteiger partial charge on any atom is -0.389 e. The minimum absolute atomic E-state index is 0.195. The average Bonchev–Trinajstić information content (AvgIpc) is 2.05. The number of aliphatic hydroxyl groups is 1. The summed E-state index contributed by atoms with van der Waals surface area (Å²) in [6, 6.07) is 0. The molecule has 1 nitrogen and oxygen atoms in total. The van der Waals surface area contributed by atoms with Crippen LogP contribution in [0.25, 0.3) is 0 Å². The first-order chi connectivity index (χ1) is 5.83. The van der Waals surface area contributed by atoms with Crippen molar-refractivity contribution in [1.82, 2.24) is 0 Å². The number of unbranched alkanes of at least 4 members (excludes halogenated alkanes) is 1. The van der Waals surface area contributed by atoms with Gasteiger partial charge in [-0.1, -0.05) is 11.6 Å². The van der Waals surface area contributed by atoms with Crippen molar-refractivity contribution >= 4 is 0 Å². The van der Waals surface area contributed by atoms with E-state index in [1.165, 1.54) is 5.57 Å². The van der Waals surface area contributed by atoms with Crippen LogP contribution in [0.4, 0.5) is 0 Å². The molecule has 0 radical (unpaired) electrons. The normalized spacial score (nSPS) is 23.0. The standard InChI is InChI=1S/C11H16O/c1-2-3-4-6-10-7-5-8-11(12)9-10/h1,9,11-12H,3-8H2. The van der Waals surface area contributed by atoms with Gasteiger partial charge in [0.1, 0.15) is 0 Å². The molecule has 0 aliphatic heterocycles. The van der Waals surface area contributed by atoms with E-state index < -0.39 is 0 Å². The minimum atomic E-state index is -0.195. The monoisotopic (exact) mass is 164 g/mol. The lowest BCUT2D eigenvalue weighted by atomic mass is 9.94. The van der Waals surface area contributed by atoms with E-state index in [4.69, 9.17) is 6.42 Å². The van der Waals surface area contributed by atoms with Crippen molar-refractivity contribution in [3.05, 3.63) is 11.6 Å². The van der Waals surface area contributed by atoms with Gasteiger partial charge in [0.05, 0.1) is 6.10 Å². The van der Waals surface area contributed by atoms with E-state index in [1.807, 2.05) is 6.08 Å². The highest BCUT2D eigenvalue weighted by atomic mass is 16.3. The molecule has 12 heavy (non-hydrogen) atoms. The SMILES string of the molecule is C#CCCCC1=CC(O)CCC1. The summed E-state index contributed by atoms with van der Waals surface area (Å²) in [6.45, 7) is 0. The van der Waals surface area contributed by atoms with Gasteiger partial charge in [0, 0.05) is 6.42 Å². The smallest absolute Gasteiger partial charge is 0.0723 e. The van der Waals surface area contributed by atoms with Crippen LogP contribution >= 0.6 is 0 Å². The molecule has 0 aromatic carbocycles. The van der Waals surface area contributed by atoms with Gasteiger partial charge in [-0.15, -0.1) is 12.3 Å². The molecule has 1 aliphatic carbocycles. The van der Waals surface area contributed by atoms with Crippen LogP contribution in [0, 0.1) is 12.3 Å². The number of terminal acetylenes is 1. The molecule has 1 rings (SSSR count). The van der Waals surface area contributed by atoms with Crippen molar-refractivity contribution in [1.29, 1.82) is 0 Å². The lowest BCUT2D eigenvalue weighted by Gasteiger charge is -2.16. The third-order valence-electron chi connectivity index (χ3n) is 2.24. The molecule has 0 fully saturated rings. The van der Waals surface area contributed by atoms with Crippen molar-refractivity contribution in [2.75, 3.05) is 0 Å². The van der Waals surface area contributed by atoms with E-state index in [-0.39, 0.29) is 6.10 Å². The van der Waals surface area contributed by atoms with E-state index in [0.29, 0.717) is 0 Å². The Balaban J connectivity index is 2.27. The zero-order valence-electron chi connectivity index (χ0n) is 7.42. The predicted octanol–water partition coefficient (Wildman–Crippen LogP) is 2.26. The molecule has 0 amide bonds. The molecule has 0 bridgehead atoms. The van der Waals surface area contributed by atoms with Gasteiger partial charge in [-0.25, -0.2) is 0 Å². The van der Waals surface area contributed by atoms with Crippen LogP contribution in [0.3, 0.4) is 0 Å². The summed E-state index contributed by atoms with van der Waals surface area (Å²) in [5, 5.41) is 9.32. The van der Waals surface area contributed by atoms with Gasteiger partial charge in [0.2, 0.25) is 0 Å². The molecule has 1 N–H and O–H groups in total. The summed E-state index contributed by atoms with van der Waals surface area (Å²) >= 11 is 0. The first kappa shape index (κ1) is 9.35. The maximum atomic E-state index is 9.32. The van der Waals surface area contributed by atoms with E-state index in [1.54, 1.807) is 0 Å². The summed E-state index contributed by atoms with van der Waals surface area (Å²) in [6.07, 6.45) is 13.2. The van der Waals surface area contributed by atoms with E-state index in [0.717, 1.165) is 38.5 Å². The van der Waals surface area contributed by atoms with Crippen molar-refractivity contribution in [2.45, 2.75) is 44.6 Å². The van der Waals surface area contributed by atoms with Crippen molar-refractivity contribution in [3.63, 3.8) is 0 Å². The molecule has 1 unspecified atom stereocenters. The van der Waals surface area contributed by atoms with Gasteiger partial charge in [-0.2, -0.15) is 0 Å². The van der Waals surface area contributed by atoms with Crippen LogP contribution in [-0.2, 0) is 0 Å². The Morgan fingerprint density at radius 3 is 3.17 bits per heavy atom. The van der Waals surface area contributed by atoms with Crippen LogP contribution in [-0.4, -0.2) is 11.2 Å². The highest BCUT2D eigenvalue weighted by Gasteiger charge is 2.09. The highest BCUT2D eigenvalue weighted by Crippen LogP contribution is 2.21. The quantitative estimate of drug-likeness (QED) is 0.385. The number of hydrogen-bond donors (Lipinski definition) is 1. The Labute approximate surface area is 74.5 Å². The molecule has 1 atom stereocenters. The second-order valence-corrected chi connectivity index (χ2v) is 3.34. The second-order valence-electron chi connectivity index (χ2n) is 3.34. The Hall–Kier alpha value is -0.740. The van der Waals surface area contributed by atoms with Crippen LogP contribution in [0.15, 0.2) is 11.6 Å². The molecule has 66 valence electrons. The average molecular weight is 164 g/mol. The van der Waals surface area contributed by atoms with Crippen molar-refractivity contribution < 1.29 is 5.11 Å². The Kier molecular flexibility index (Phi) is 3.90. The summed E-state index contributed by atoms with van der Waals surface area (Å²) in [5.74, 6) is 2.63. The molecule has 0 saturated heterocycles. The van der Waals surface area contributed by atoms with Gasteiger partial charge in [0.25, 0.3) is 0 Å². The highest BCUT2D eigenvalue weighted by molar-refractivity contribution is 5.08. The Morgan fingerprint density at radius 1 is 1.67 bits per heavy atom. The molecular weight excluding hydrogens is 148 g/mol. The van der Waals surface area contributed by atoms with Crippen LogP contribution in [0.1, 0.15) is 38.5 Å². The van der Waals surface area contributed by atoms with Crippen molar-refractivity contribution in [3.8, 4) is 12.3 Å². The third-order valence-corrected chi connectivity index (χ3v) is 2.24. The lowest BCUT2D eigenvalue weighted by molar-refractivity contribution is 0.201. The van der Waals surface area contributed by atoms with Crippen molar-refractivity contribution in [2.24, 2.45) is 0 Å². The fourth-order valence-corrected chi connectivity index (χ4v) is 1.60. The summed E-state index contributed by atoms with van der Waals surface area (Å²) < 4.78 is 0. The fourth-order valence-electron chi connectivity index (χ4n) is 1.60. The topological polar surface area (TPSA) is 20.2 Å². The van der Waals surface area contributed by atoms with E-state index in [9.17, 15) is 5.11 Å². The first-order valence-corrected chi connectivity index (χ1v) is 4.64. The maximum Gasteiger partial charge on any atom is 0.0723 e. The number of aliphatic hydroxyl groups excluding tert-OH is 1. The third kappa shape index (κ3) is 3.11. The number of allylic oxidation sites excluding steroid dienone is 1. The van der Waals surface area contributed by atoms with Crippen LogP contribution in [0.5, 0.6) is 0 Å². The Morgan fingerprint density at radius 2 is 2.50 bits per heavy atom. The molecule has 0 saturated carbocycles. The molecule has 0 heterocycles. The van der Waals surface area contributed by atoms with Gasteiger partial charge in [0.15, 0.2) is 0 Å². The molecule has 0 spiro atoms. The molecule has 1 aliphatic rings. The lowest BCUT2D eigenvalue weighted by Crippen LogP contribution is -2.08. The van der Waals surface area contributed by atoms with Gasteiger partial charge >= 0.3 is 0 Å². The Bertz CT molecular complexity index is 198. The van der Waals surface area contributed by atoms with Gasteiger partial charge in [-0.3, -0.25) is 0 Å². The molecule has 0 aromatic heterocycles. The van der Waals surface area contributed by atoms with Crippen LogP contribution < -0.4 is 0 Å². The predicted molar refractivity (Wildman–Crippen MR) is 50.6 cm³/mol. The van der Waals surface area contributed by atoms with E-state index in [2.05, 4.69) is 5.92 Å². The first-order valence-electron chi connectivity index (χ1n) is 4.64. The number of hydrogen-bond acceptors (Lipinski definition) is 1. The zero-order valence-corrected chi connectivity index (χ0v) is 7.42. The summed E-state index contributed by atoms with van der Waals surface area (Å²) in [7, 11) is 0. The van der Waals surface area contributed by atoms with Gasteiger partial charge < -0.3 is 5.11 Å². The van der Waals surface area contributed by atoms with E-state index >= 15 is 0 Å². The molecule has 0 aromatic rings.